The maximum atomic E-state index is 5.40. The van der Waals surface area contributed by atoms with E-state index in [1.54, 1.807) is 0 Å². The standard InChI is InChI=1S/C10H23NOS/c1-10(2)12-8-7-11-6-4-5-9-13-3/h10-11H,4-9H2,1-3H3. The number of nitrogens with one attached hydrogen (secondary N) is 1. The Morgan fingerprint density at radius 3 is 2.62 bits per heavy atom. The van der Waals surface area contributed by atoms with Gasteiger partial charge in [-0.25, -0.2) is 0 Å². The first kappa shape index (κ1) is 13.3. The zero-order valence-corrected chi connectivity index (χ0v) is 9.95. The minimum Gasteiger partial charge on any atom is -0.377 e. The molecule has 2 nitrogen and oxygen atoms in total. The molecule has 0 heterocycles. The average Bonchev–Trinajstić information content (AvgIpc) is 2.09. The molecule has 3 heteroatoms. The van der Waals surface area contributed by atoms with E-state index in [9.17, 15) is 0 Å². The van der Waals surface area contributed by atoms with E-state index in [2.05, 4.69) is 25.4 Å². The van der Waals surface area contributed by atoms with Gasteiger partial charge in [0.25, 0.3) is 0 Å². The van der Waals surface area contributed by atoms with Gasteiger partial charge in [0.15, 0.2) is 0 Å². The number of unbranched alkanes of at least 4 members (excludes halogenated alkanes) is 1. The van der Waals surface area contributed by atoms with Crippen LogP contribution >= 0.6 is 11.8 Å². The van der Waals surface area contributed by atoms with E-state index in [0.29, 0.717) is 6.10 Å². The third-order valence-corrected chi connectivity index (χ3v) is 2.38. The van der Waals surface area contributed by atoms with Crippen molar-refractivity contribution in [3.63, 3.8) is 0 Å². The molecule has 0 atom stereocenters. The summed E-state index contributed by atoms with van der Waals surface area (Å²) in [5.74, 6) is 1.28. The normalized spacial score (nSPS) is 11.1. The smallest absolute Gasteiger partial charge is 0.0594 e. The highest BCUT2D eigenvalue weighted by Gasteiger charge is 1.92. The zero-order chi connectivity index (χ0) is 9.94. The lowest BCUT2D eigenvalue weighted by atomic mass is 10.3. The molecule has 0 spiro atoms. The van der Waals surface area contributed by atoms with E-state index in [-0.39, 0.29) is 0 Å². The highest BCUT2D eigenvalue weighted by molar-refractivity contribution is 7.98. The summed E-state index contributed by atoms with van der Waals surface area (Å²) in [5, 5.41) is 3.37. The lowest BCUT2D eigenvalue weighted by Crippen LogP contribution is -2.22. The van der Waals surface area contributed by atoms with Crippen molar-refractivity contribution in [2.24, 2.45) is 0 Å². The van der Waals surface area contributed by atoms with Gasteiger partial charge in [-0.05, 0) is 45.2 Å². The molecule has 0 bridgehead atoms. The fourth-order valence-electron chi connectivity index (χ4n) is 0.988. The minimum absolute atomic E-state index is 0.360. The predicted molar refractivity (Wildman–Crippen MR) is 61.6 cm³/mol. The number of hydrogen-bond donors (Lipinski definition) is 1. The summed E-state index contributed by atoms with van der Waals surface area (Å²) in [6.45, 7) is 7.08. The van der Waals surface area contributed by atoms with Crippen LogP contribution in [0.3, 0.4) is 0 Å². The molecule has 0 fully saturated rings. The molecular weight excluding hydrogens is 182 g/mol. The van der Waals surface area contributed by atoms with Crippen LogP contribution in [0.4, 0.5) is 0 Å². The highest BCUT2D eigenvalue weighted by Crippen LogP contribution is 1.97. The molecule has 0 aromatic carbocycles. The summed E-state index contributed by atoms with van der Waals surface area (Å²) in [4.78, 5) is 0. The van der Waals surface area contributed by atoms with Crippen LogP contribution in [0.2, 0.25) is 0 Å². The van der Waals surface area contributed by atoms with Crippen molar-refractivity contribution >= 4 is 11.8 Å². The first-order valence-electron chi connectivity index (χ1n) is 5.08. The Hall–Kier alpha value is 0.270. The Balaban J connectivity index is 2.84. The fourth-order valence-corrected chi connectivity index (χ4v) is 1.48. The molecule has 0 aliphatic heterocycles. The van der Waals surface area contributed by atoms with Crippen LogP contribution in [0.15, 0.2) is 0 Å². The second kappa shape index (κ2) is 10.4. The van der Waals surface area contributed by atoms with E-state index in [4.69, 9.17) is 4.74 Å². The van der Waals surface area contributed by atoms with Crippen molar-refractivity contribution in [1.82, 2.24) is 5.32 Å². The summed E-state index contributed by atoms with van der Waals surface area (Å²) in [7, 11) is 0. The van der Waals surface area contributed by atoms with Crippen molar-refractivity contribution in [2.75, 3.05) is 31.7 Å². The van der Waals surface area contributed by atoms with Crippen molar-refractivity contribution in [3.05, 3.63) is 0 Å². The van der Waals surface area contributed by atoms with Crippen molar-refractivity contribution in [2.45, 2.75) is 32.8 Å². The molecular formula is C10H23NOS. The molecule has 0 amide bonds. The monoisotopic (exact) mass is 205 g/mol. The van der Waals surface area contributed by atoms with Crippen LogP contribution in [-0.4, -0.2) is 37.8 Å². The van der Waals surface area contributed by atoms with Gasteiger partial charge >= 0.3 is 0 Å². The second-order valence-corrected chi connectivity index (χ2v) is 4.36. The quantitative estimate of drug-likeness (QED) is 0.583. The zero-order valence-electron chi connectivity index (χ0n) is 9.14. The molecule has 0 aromatic heterocycles. The largest absolute Gasteiger partial charge is 0.377 e. The van der Waals surface area contributed by atoms with Gasteiger partial charge in [-0.2, -0.15) is 11.8 Å². The van der Waals surface area contributed by atoms with Gasteiger partial charge in [0.2, 0.25) is 0 Å². The molecule has 1 N–H and O–H groups in total. The van der Waals surface area contributed by atoms with Gasteiger partial charge in [0.05, 0.1) is 12.7 Å². The molecule has 13 heavy (non-hydrogen) atoms. The van der Waals surface area contributed by atoms with Crippen LogP contribution in [-0.2, 0) is 4.74 Å². The van der Waals surface area contributed by atoms with Crippen LogP contribution in [0.25, 0.3) is 0 Å². The Labute approximate surface area is 86.8 Å². The lowest BCUT2D eigenvalue weighted by Gasteiger charge is -2.08. The third kappa shape index (κ3) is 12.3. The van der Waals surface area contributed by atoms with Crippen LogP contribution in [0.5, 0.6) is 0 Å². The van der Waals surface area contributed by atoms with Crippen LogP contribution < -0.4 is 5.32 Å². The van der Waals surface area contributed by atoms with Gasteiger partial charge in [-0.15, -0.1) is 0 Å². The summed E-state index contributed by atoms with van der Waals surface area (Å²) in [6, 6.07) is 0. The van der Waals surface area contributed by atoms with Crippen molar-refractivity contribution < 1.29 is 4.74 Å². The van der Waals surface area contributed by atoms with E-state index in [1.807, 2.05) is 11.8 Å². The Bertz CT molecular complexity index is 98.9. The molecule has 0 rings (SSSR count). The molecule has 0 aliphatic rings. The second-order valence-electron chi connectivity index (χ2n) is 3.37. The summed E-state index contributed by atoms with van der Waals surface area (Å²) in [5.41, 5.74) is 0. The Morgan fingerprint density at radius 2 is 2.00 bits per heavy atom. The number of thioether (sulfide) groups is 1. The average molecular weight is 205 g/mol. The molecule has 0 aliphatic carbocycles. The number of hydrogen-bond acceptors (Lipinski definition) is 3. The van der Waals surface area contributed by atoms with E-state index < -0.39 is 0 Å². The molecule has 0 radical (unpaired) electrons. The van der Waals surface area contributed by atoms with Gasteiger partial charge in [-0.1, -0.05) is 0 Å². The molecule has 0 saturated carbocycles. The molecule has 0 saturated heterocycles. The van der Waals surface area contributed by atoms with Crippen LogP contribution in [0, 0.1) is 0 Å². The minimum atomic E-state index is 0.360. The van der Waals surface area contributed by atoms with Crippen molar-refractivity contribution in [1.29, 1.82) is 0 Å². The predicted octanol–water partition coefficient (Wildman–Crippen LogP) is 2.14. The van der Waals surface area contributed by atoms with E-state index in [1.165, 1.54) is 18.6 Å². The highest BCUT2D eigenvalue weighted by atomic mass is 32.2. The van der Waals surface area contributed by atoms with Gasteiger partial charge in [0.1, 0.15) is 0 Å². The Morgan fingerprint density at radius 1 is 1.23 bits per heavy atom. The lowest BCUT2D eigenvalue weighted by molar-refractivity contribution is 0.0809. The van der Waals surface area contributed by atoms with Crippen molar-refractivity contribution in [3.8, 4) is 0 Å². The maximum absolute atomic E-state index is 5.40. The van der Waals surface area contributed by atoms with E-state index >= 15 is 0 Å². The summed E-state index contributed by atoms with van der Waals surface area (Å²) >= 11 is 1.92. The van der Waals surface area contributed by atoms with Gasteiger partial charge in [-0.3, -0.25) is 0 Å². The summed E-state index contributed by atoms with van der Waals surface area (Å²) in [6.07, 6.45) is 5.12. The van der Waals surface area contributed by atoms with Gasteiger partial charge in [0, 0.05) is 6.54 Å². The third-order valence-electron chi connectivity index (χ3n) is 1.68. The first-order chi connectivity index (χ1) is 6.27. The summed E-state index contributed by atoms with van der Waals surface area (Å²) < 4.78 is 5.40. The van der Waals surface area contributed by atoms with Crippen LogP contribution in [0.1, 0.15) is 26.7 Å². The molecule has 0 unspecified atom stereocenters. The maximum Gasteiger partial charge on any atom is 0.0594 e. The molecule has 80 valence electrons. The fraction of sp³-hybridized carbons (Fsp3) is 1.00. The SMILES string of the molecule is CSCCCCNCCOC(C)C. The number of rotatable bonds is 9. The van der Waals surface area contributed by atoms with E-state index in [0.717, 1.165) is 19.7 Å². The first-order valence-corrected chi connectivity index (χ1v) is 6.48. The van der Waals surface area contributed by atoms with Gasteiger partial charge < -0.3 is 10.1 Å². The Kier molecular flexibility index (Phi) is 10.6. The molecule has 0 aromatic rings. The topological polar surface area (TPSA) is 21.3 Å². The number of ether oxygens (including phenoxy) is 1.